The number of nitrogens with one attached hydrogen (secondary N) is 3. The van der Waals surface area contributed by atoms with Crippen LogP contribution in [0.2, 0.25) is 0 Å². The van der Waals surface area contributed by atoms with Crippen molar-refractivity contribution in [3.63, 3.8) is 0 Å². The lowest BCUT2D eigenvalue weighted by Gasteiger charge is -2.26. The quantitative estimate of drug-likeness (QED) is 0.0882. The molecule has 0 saturated carbocycles. The zero-order valence-corrected chi connectivity index (χ0v) is 19.0. The van der Waals surface area contributed by atoms with Crippen LogP contribution in [-0.2, 0) is 28.8 Å². The van der Waals surface area contributed by atoms with E-state index in [2.05, 4.69) is 16.0 Å². The van der Waals surface area contributed by atoms with Crippen LogP contribution in [0.1, 0.15) is 45.4 Å². The van der Waals surface area contributed by atoms with Crippen LogP contribution in [0.5, 0.6) is 0 Å². The standard InChI is InChI=1S/C19H35N7O8/c1-9(27)15(26-16(30)10(21)8-14(23)29)18(32)24-11(4-2-3-7-20)17(31)25-12(19(33)34)5-6-13(22)28/h9-12,15,27H,2-8,20-21H2,1H3,(H2,22,28)(H2,23,29)(H,24,32)(H,25,31)(H,26,30)(H,33,34). The molecular weight excluding hydrogens is 454 g/mol. The summed E-state index contributed by atoms with van der Waals surface area (Å²) in [6.45, 7) is 1.51. The Morgan fingerprint density at radius 1 is 0.824 bits per heavy atom. The number of carbonyl (C=O) groups excluding carboxylic acids is 5. The Morgan fingerprint density at radius 3 is 1.88 bits per heavy atom. The van der Waals surface area contributed by atoms with Crippen LogP contribution in [-0.4, -0.2) is 82.5 Å². The lowest BCUT2D eigenvalue weighted by Crippen LogP contribution is -2.60. The minimum absolute atomic E-state index is 0.0681. The Balaban J connectivity index is 5.46. The van der Waals surface area contributed by atoms with Gasteiger partial charge in [-0.05, 0) is 39.2 Å². The smallest absolute Gasteiger partial charge is 0.326 e. The maximum atomic E-state index is 12.7. The van der Waals surface area contributed by atoms with Crippen LogP contribution >= 0.6 is 0 Å². The highest BCUT2D eigenvalue weighted by Gasteiger charge is 2.32. The molecule has 0 saturated heterocycles. The van der Waals surface area contributed by atoms with Crippen LogP contribution in [0.15, 0.2) is 0 Å². The summed E-state index contributed by atoms with van der Waals surface area (Å²) in [6, 6.07) is -5.59. The second kappa shape index (κ2) is 15.5. The van der Waals surface area contributed by atoms with Crippen molar-refractivity contribution < 1.29 is 39.0 Å². The Hall–Kier alpha value is -3.30. The monoisotopic (exact) mass is 489 g/mol. The average Bonchev–Trinajstić information content (AvgIpc) is 2.72. The summed E-state index contributed by atoms with van der Waals surface area (Å²) in [7, 11) is 0. The molecule has 15 heteroatoms. The fourth-order valence-corrected chi connectivity index (χ4v) is 2.81. The first-order chi connectivity index (χ1) is 15.8. The summed E-state index contributed by atoms with van der Waals surface area (Å²) in [4.78, 5) is 70.9. The predicted molar refractivity (Wildman–Crippen MR) is 118 cm³/mol. The van der Waals surface area contributed by atoms with Crippen LogP contribution in [0.3, 0.4) is 0 Å². The number of rotatable bonds is 17. The van der Waals surface area contributed by atoms with Crippen molar-refractivity contribution in [2.45, 2.75) is 75.7 Å². The summed E-state index contributed by atoms with van der Waals surface area (Å²) >= 11 is 0. The highest BCUT2D eigenvalue weighted by atomic mass is 16.4. The molecule has 0 spiro atoms. The molecule has 0 aromatic carbocycles. The highest BCUT2D eigenvalue weighted by molar-refractivity contribution is 5.95. The van der Waals surface area contributed by atoms with Crippen LogP contribution in [0, 0.1) is 0 Å². The summed E-state index contributed by atoms with van der Waals surface area (Å²) in [5, 5.41) is 26.0. The van der Waals surface area contributed by atoms with E-state index in [0.717, 1.165) is 0 Å². The van der Waals surface area contributed by atoms with Crippen LogP contribution in [0.25, 0.3) is 0 Å². The van der Waals surface area contributed by atoms with E-state index in [-0.39, 0.29) is 19.3 Å². The molecular formula is C19H35N7O8. The summed E-state index contributed by atoms with van der Waals surface area (Å²) < 4.78 is 0. The number of aliphatic hydroxyl groups excluding tert-OH is 1. The van der Waals surface area contributed by atoms with E-state index < -0.39 is 72.2 Å². The number of aliphatic carboxylic acids is 1. The molecule has 0 aliphatic carbocycles. The highest BCUT2D eigenvalue weighted by Crippen LogP contribution is 2.06. The largest absolute Gasteiger partial charge is 0.480 e. The number of carboxylic acids is 1. The van der Waals surface area contributed by atoms with Gasteiger partial charge in [-0.2, -0.15) is 0 Å². The molecule has 0 heterocycles. The van der Waals surface area contributed by atoms with Crippen molar-refractivity contribution in [1.29, 1.82) is 0 Å². The third kappa shape index (κ3) is 12.1. The van der Waals surface area contributed by atoms with Gasteiger partial charge >= 0.3 is 5.97 Å². The lowest BCUT2D eigenvalue weighted by molar-refractivity contribution is -0.142. The van der Waals surface area contributed by atoms with Crippen molar-refractivity contribution >= 4 is 35.5 Å². The van der Waals surface area contributed by atoms with Crippen LogP contribution in [0.4, 0.5) is 0 Å². The normalized spacial score (nSPS) is 15.2. The molecule has 0 aliphatic heterocycles. The van der Waals surface area contributed by atoms with Gasteiger partial charge in [0.25, 0.3) is 0 Å². The van der Waals surface area contributed by atoms with Gasteiger partial charge in [0.05, 0.1) is 18.6 Å². The SMILES string of the molecule is CC(O)C(NC(=O)C(N)CC(N)=O)C(=O)NC(CCCCN)C(=O)NC(CCC(N)=O)C(=O)O. The molecule has 15 nitrogen and oxygen atoms in total. The molecule has 0 aromatic rings. The fraction of sp³-hybridized carbons (Fsp3) is 0.684. The minimum Gasteiger partial charge on any atom is -0.480 e. The van der Waals surface area contributed by atoms with E-state index in [0.29, 0.717) is 19.4 Å². The lowest BCUT2D eigenvalue weighted by atomic mass is 10.0. The fourth-order valence-electron chi connectivity index (χ4n) is 2.81. The molecule has 5 amide bonds. The van der Waals surface area contributed by atoms with E-state index in [4.69, 9.17) is 22.9 Å². The van der Waals surface area contributed by atoms with Gasteiger partial charge < -0.3 is 49.1 Å². The van der Waals surface area contributed by atoms with E-state index in [1.54, 1.807) is 0 Å². The molecule has 194 valence electrons. The number of nitrogens with two attached hydrogens (primary N) is 4. The van der Waals surface area contributed by atoms with Crippen molar-refractivity contribution in [3.05, 3.63) is 0 Å². The van der Waals surface area contributed by atoms with E-state index in [1.165, 1.54) is 6.92 Å². The summed E-state index contributed by atoms with van der Waals surface area (Å²) in [6.07, 6.45) is -1.50. The second-order valence-electron chi connectivity index (χ2n) is 7.75. The molecule has 0 aromatic heterocycles. The molecule has 0 bridgehead atoms. The van der Waals surface area contributed by atoms with Crippen molar-refractivity contribution in [3.8, 4) is 0 Å². The number of carbonyl (C=O) groups is 6. The zero-order chi connectivity index (χ0) is 26.4. The van der Waals surface area contributed by atoms with Crippen molar-refractivity contribution in [2.24, 2.45) is 22.9 Å². The molecule has 0 radical (unpaired) electrons. The van der Waals surface area contributed by atoms with Crippen molar-refractivity contribution in [1.82, 2.24) is 16.0 Å². The number of aliphatic hydroxyl groups is 1. The number of hydrogen-bond acceptors (Lipinski definition) is 9. The van der Waals surface area contributed by atoms with Gasteiger partial charge in [-0.25, -0.2) is 4.79 Å². The summed E-state index contributed by atoms with van der Waals surface area (Å²) in [5.41, 5.74) is 21.0. The van der Waals surface area contributed by atoms with E-state index in [1.807, 2.05) is 0 Å². The predicted octanol–water partition coefficient (Wildman–Crippen LogP) is -4.50. The Kier molecular flexibility index (Phi) is 14.0. The molecule has 0 rings (SSSR count). The minimum atomic E-state index is -1.54. The number of amides is 5. The number of primary amides is 2. The van der Waals surface area contributed by atoms with Gasteiger partial charge in [0.2, 0.25) is 29.5 Å². The van der Waals surface area contributed by atoms with Gasteiger partial charge in [0.1, 0.15) is 18.1 Å². The van der Waals surface area contributed by atoms with Crippen molar-refractivity contribution in [2.75, 3.05) is 6.54 Å². The zero-order valence-electron chi connectivity index (χ0n) is 19.0. The molecule has 5 atom stereocenters. The third-order valence-corrected chi connectivity index (χ3v) is 4.69. The maximum Gasteiger partial charge on any atom is 0.326 e. The Bertz CT molecular complexity index is 746. The van der Waals surface area contributed by atoms with Gasteiger partial charge in [-0.3, -0.25) is 24.0 Å². The second-order valence-corrected chi connectivity index (χ2v) is 7.75. The molecule has 34 heavy (non-hydrogen) atoms. The topological polar surface area (TPSA) is 283 Å². The number of carboxylic acid groups (broad SMARTS) is 1. The summed E-state index contributed by atoms with van der Waals surface area (Å²) in [5.74, 6) is -5.74. The van der Waals surface area contributed by atoms with Gasteiger partial charge in [-0.15, -0.1) is 0 Å². The Morgan fingerprint density at radius 2 is 1.41 bits per heavy atom. The van der Waals surface area contributed by atoms with Gasteiger partial charge in [-0.1, -0.05) is 0 Å². The maximum absolute atomic E-state index is 12.7. The third-order valence-electron chi connectivity index (χ3n) is 4.69. The number of unbranched alkanes of at least 4 members (excludes halogenated alkanes) is 1. The number of hydrogen-bond donors (Lipinski definition) is 9. The molecule has 5 unspecified atom stereocenters. The molecule has 13 N–H and O–H groups in total. The van der Waals surface area contributed by atoms with Gasteiger partial charge in [0.15, 0.2) is 0 Å². The Labute approximate surface area is 196 Å². The first kappa shape index (κ1) is 30.7. The average molecular weight is 490 g/mol. The first-order valence-corrected chi connectivity index (χ1v) is 10.6. The van der Waals surface area contributed by atoms with Crippen LogP contribution < -0.4 is 38.9 Å². The molecule has 0 aliphatic rings. The first-order valence-electron chi connectivity index (χ1n) is 10.6. The van der Waals surface area contributed by atoms with E-state index in [9.17, 15) is 39.0 Å². The molecule has 0 fully saturated rings. The van der Waals surface area contributed by atoms with Gasteiger partial charge in [0, 0.05) is 6.42 Å². The van der Waals surface area contributed by atoms with E-state index >= 15 is 0 Å².